The average molecular weight is 437 g/mol. The fourth-order valence-corrected chi connectivity index (χ4v) is 8.82. The molecule has 0 N–H and O–H groups in total. The van der Waals surface area contributed by atoms with Crippen molar-refractivity contribution in [2.45, 2.75) is 46.1 Å². The summed E-state index contributed by atoms with van der Waals surface area (Å²) in [4.78, 5) is 0.985. The Morgan fingerprint density at radius 2 is 1.72 bits per heavy atom. The quantitative estimate of drug-likeness (QED) is 0.319. The number of fused-ring (bicyclic) bond motifs is 1. The molecular formula is C23H27F2O2PS. The van der Waals surface area contributed by atoms with Gasteiger partial charge < -0.3 is 9.30 Å². The molecule has 1 unspecified atom stereocenters. The Kier molecular flexibility index (Phi) is 7.26. The molecule has 0 fully saturated rings. The minimum absolute atomic E-state index is 0.0902. The summed E-state index contributed by atoms with van der Waals surface area (Å²) in [6.07, 6.45) is 2.84. The maximum Gasteiger partial charge on any atom is 0.159 e. The van der Waals surface area contributed by atoms with Crippen LogP contribution < -0.4 is 0 Å². The fraction of sp³-hybridized carbons (Fsp3) is 0.391. The molecule has 0 saturated carbocycles. The van der Waals surface area contributed by atoms with Gasteiger partial charge in [0.2, 0.25) is 0 Å². The van der Waals surface area contributed by atoms with Crippen LogP contribution in [0, 0.1) is 18.6 Å². The van der Waals surface area contributed by atoms with E-state index in [-0.39, 0.29) is 6.61 Å². The molecular weight excluding hydrogens is 409 g/mol. The second-order valence-electron chi connectivity index (χ2n) is 7.40. The summed E-state index contributed by atoms with van der Waals surface area (Å²) in [5.74, 6) is -2.31. The van der Waals surface area contributed by atoms with Gasteiger partial charge in [-0.1, -0.05) is 38.1 Å². The second-order valence-corrected chi connectivity index (χ2v) is 11.8. The van der Waals surface area contributed by atoms with Gasteiger partial charge in [-0.25, -0.2) is 8.78 Å². The maximum atomic E-state index is 14.0. The SMILES string of the molecule is CCCP(=O)(CCC)C(OCc1ccc(F)c(F)c1)c1sc2ccccc2c1C. The van der Waals surface area contributed by atoms with E-state index in [0.29, 0.717) is 17.9 Å². The molecule has 6 heteroatoms. The Morgan fingerprint density at radius 3 is 2.34 bits per heavy atom. The minimum Gasteiger partial charge on any atom is -0.360 e. The van der Waals surface area contributed by atoms with Gasteiger partial charge in [0.15, 0.2) is 11.6 Å². The third kappa shape index (κ3) is 4.79. The first-order valence-electron chi connectivity index (χ1n) is 10.0. The molecule has 2 nitrogen and oxygen atoms in total. The van der Waals surface area contributed by atoms with Gasteiger partial charge in [-0.3, -0.25) is 0 Å². The molecule has 0 aliphatic heterocycles. The molecule has 0 aliphatic carbocycles. The number of rotatable bonds is 9. The predicted octanol–water partition coefficient (Wildman–Crippen LogP) is 7.89. The highest BCUT2D eigenvalue weighted by Gasteiger charge is 2.36. The molecule has 0 bridgehead atoms. The summed E-state index contributed by atoms with van der Waals surface area (Å²) in [5.41, 5.74) is 1.63. The number of aryl methyl sites for hydroxylation is 1. The Labute approximate surface area is 175 Å². The van der Waals surface area contributed by atoms with Crippen LogP contribution in [0.3, 0.4) is 0 Å². The van der Waals surface area contributed by atoms with Gasteiger partial charge in [0, 0.05) is 21.9 Å². The third-order valence-electron chi connectivity index (χ3n) is 5.13. The van der Waals surface area contributed by atoms with Crippen LogP contribution in [0.25, 0.3) is 10.1 Å². The van der Waals surface area contributed by atoms with Gasteiger partial charge in [-0.2, -0.15) is 0 Å². The van der Waals surface area contributed by atoms with Gasteiger partial charge in [0.1, 0.15) is 13.0 Å². The molecule has 0 amide bonds. The van der Waals surface area contributed by atoms with E-state index < -0.39 is 24.6 Å². The van der Waals surface area contributed by atoms with E-state index in [4.69, 9.17) is 4.74 Å². The first-order chi connectivity index (χ1) is 13.9. The smallest absolute Gasteiger partial charge is 0.159 e. The highest BCUT2D eigenvalue weighted by molar-refractivity contribution is 7.64. The van der Waals surface area contributed by atoms with Crippen molar-refractivity contribution in [1.29, 1.82) is 0 Å². The Balaban J connectivity index is 2.01. The summed E-state index contributed by atoms with van der Waals surface area (Å²) >= 11 is 1.62. The summed E-state index contributed by atoms with van der Waals surface area (Å²) in [6, 6.07) is 11.9. The Hall–Kier alpha value is -1.55. The van der Waals surface area contributed by atoms with Gasteiger partial charge >= 0.3 is 0 Å². The summed E-state index contributed by atoms with van der Waals surface area (Å²) in [6.45, 7) is 6.20. The van der Waals surface area contributed by atoms with Gasteiger partial charge in [0.05, 0.1) is 6.61 Å². The lowest BCUT2D eigenvalue weighted by molar-refractivity contribution is 0.0919. The molecule has 1 aromatic heterocycles. The summed E-state index contributed by atoms with van der Waals surface area (Å²) < 4.78 is 48.3. The second kappa shape index (κ2) is 9.51. The van der Waals surface area contributed by atoms with Crippen LogP contribution >= 0.6 is 18.5 Å². The van der Waals surface area contributed by atoms with E-state index in [1.54, 1.807) is 11.3 Å². The van der Waals surface area contributed by atoms with Crippen molar-refractivity contribution in [1.82, 2.24) is 0 Å². The van der Waals surface area contributed by atoms with Crippen molar-refractivity contribution in [3.63, 3.8) is 0 Å². The molecule has 1 atom stereocenters. The molecule has 29 heavy (non-hydrogen) atoms. The van der Waals surface area contributed by atoms with Crippen LogP contribution in [-0.4, -0.2) is 12.3 Å². The van der Waals surface area contributed by atoms with E-state index in [1.807, 2.05) is 32.9 Å². The van der Waals surface area contributed by atoms with Crippen molar-refractivity contribution < 1.29 is 18.1 Å². The van der Waals surface area contributed by atoms with E-state index >= 15 is 0 Å². The number of hydrogen-bond acceptors (Lipinski definition) is 3. The fourth-order valence-electron chi connectivity index (χ4n) is 3.76. The van der Waals surface area contributed by atoms with Crippen molar-refractivity contribution in [3.8, 4) is 0 Å². The van der Waals surface area contributed by atoms with E-state index in [1.165, 1.54) is 6.07 Å². The minimum atomic E-state index is -2.67. The molecule has 156 valence electrons. The van der Waals surface area contributed by atoms with Crippen molar-refractivity contribution in [3.05, 3.63) is 70.1 Å². The zero-order valence-corrected chi connectivity index (χ0v) is 18.8. The topological polar surface area (TPSA) is 26.3 Å². The first kappa shape index (κ1) is 22.1. The van der Waals surface area contributed by atoms with E-state index in [0.717, 1.165) is 45.5 Å². The van der Waals surface area contributed by atoms with Gasteiger partial charge in [0.25, 0.3) is 0 Å². The normalized spacial score (nSPS) is 13.1. The average Bonchev–Trinajstić information content (AvgIpc) is 3.02. The molecule has 1 heterocycles. The van der Waals surface area contributed by atoms with Crippen LogP contribution in [0.2, 0.25) is 0 Å². The van der Waals surface area contributed by atoms with E-state index in [2.05, 4.69) is 12.1 Å². The maximum absolute atomic E-state index is 14.0. The van der Waals surface area contributed by atoms with Gasteiger partial charge in [-0.05, 0) is 54.5 Å². The molecule has 2 aromatic carbocycles. The predicted molar refractivity (Wildman–Crippen MR) is 118 cm³/mol. The van der Waals surface area contributed by atoms with Gasteiger partial charge in [-0.15, -0.1) is 11.3 Å². The largest absolute Gasteiger partial charge is 0.360 e. The van der Waals surface area contributed by atoms with Crippen LogP contribution in [0.4, 0.5) is 8.78 Å². The molecule has 0 saturated heterocycles. The lowest BCUT2D eigenvalue weighted by Crippen LogP contribution is -2.10. The van der Waals surface area contributed by atoms with E-state index in [9.17, 15) is 13.3 Å². The monoisotopic (exact) mass is 436 g/mol. The number of hydrogen-bond donors (Lipinski definition) is 0. The van der Waals surface area contributed by atoms with Crippen LogP contribution in [0.15, 0.2) is 42.5 Å². The molecule has 3 rings (SSSR count). The van der Waals surface area contributed by atoms with Crippen LogP contribution in [-0.2, 0) is 15.9 Å². The van der Waals surface area contributed by atoms with Crippen LogP contribution in [0.5, 0.6) is 0 Å². The highest BCUT2D eigenvalue weighted by Crippen LogP contribution is 2.62. The molecule has 0 radical (unpaired) electrons. The first-order valence-corrected chi connectivity index (χ1v) is 13.0. The zero-order valence-electron chi connectivity index (χ0n) is 17.1. The number of ether oxygens (including phenoxy) is 1. The molecule has 0 aliphatic rings. The number of benzene rings is 2. The number of thiophene rings is 1. The Bertz CT molecular complexity index is 1020. The number of halogens is 2. The molecule has 3 aromatic rings. The highest BCUT2D eigenvalue weighted by atomic mass is 32.1. The van der Waals surface area contributed by atoms with Crippen LogP contribution in [0.1, 0.15) is 48.5 Å². The summed E-state index contributed by atoms with van der Waals surface area (Å²) in [5, 5.41) is 1.15. The lowest BCUT2D eigenvalue weighted by Gasteiger charge is -2.28. The zero-order chi connectivity index (χ0) is 21.0. The summed E-state index contributed by atoms with van der Waals surface area (Å²) in [7, 11) is -2.67. The third-order valence-corrected chi connectivity index (χ3v) is 10.3. The molecule has 0 spiro atoms. The standard InChI is InChI=1S/C23H27F2O2PS/c1-4-12-28(26,13-5-2)23(27-15-17-10-11-19(24)20(25)14-17)22-16(3)18-8-6-7-9-21(18)29-22/h6-11,14,23H,4-5,12-13,15H2,1-3H3. The Morgan fingerprint density at radius 1 is 1.03 bits per heavy atom. The van der Waals surface area contributed by atoms with Crippen molar-refractivity contribution in [2.75, 3.05) is 12.3 Å². The van der Waals surface area contributed by atoms with Crippen molar-refractivity contribution >= 4 is 28.6 Å². The van der Waals surface area contributed by atoms with Crippen molar-refractivity contribution in [2.24, 2.45) is 0 Å². The lowest BCUT2D eigenvalue weighted by atomic mass is 10.1.